The van der Waals surface area contributed by atoms with Crippen molar-refractivity contribution in [1.29, 1.82) is 0 Å². The molecule has 0 saturated heterocycles. The van der Waals surface area contributed by atoms with Crippen molar-refractivity contribution in [3.8, 4) is 0 Å². The van der Waals surface area contributed by atoms with E-state index >= 15 is 0 Å². The number of hydrogen-bond donors (Lipinski definition) is 1. The summed E-state index contributed by atoms with van der Waals surface area (Å²) in [7, 11) is 0. The topological polar surface area (TPSA) is 37.3 Å². The van der Waals surface area contributed by atoms with Crippen molar-refractivity contribution in [3.05, 3.63) is 38.3 Å². The van der Waals surface area contributed by atoms with E-state index in [1.54, 1.807) is 6.08 Å². The van der Waals surface area contributed by atoms with E-state index in [0.29, 0.717) is 0 Å². The highest BCUT2D eigenvalue weighted by Gasteiger charge is 2.06. The smallest absolute Gasteiger partial charge is 0.328 e. The number of unbranched alkanes of at least 4 members (excludes halogenated alkanes) is 6. The number of aryl methyl sites for hydroxylation is 1. The maximum absolute atomic E-state index is 10.6. The Morgan fingerprint density at radius 3 is 2.14 bits per heavy atom. The number of benzene rings is 1. The molecule has 0 fully saturated rings. The van der Waals surface area contributed by atoms with Crippen LogP contribution in [0, 0.1) is 0 Å². The zero-order valence-electron chi connectivity index (χ0n) is 13.1. The second-order valence-electron chi connectivity index (χ2n) is 5.52. The summed E-state index contributed by atoms with van der Waals surface area (Å²) in [5, 5.41) is 8.71. The average molecular weight is 432 g/mol. The van der Waals surface area contributed by atoms with Crippen LogP contribution >= 0.6 is 31.9 Å². The summed E-state index contributed by atoms with van der Waals surface area (Å²) >= 11 is 7.05. The summed E-state index contributed by atoms with van der Waals surface area (Å²) in [4.78, 5) is 10.6. The largest absolute Gasteiger partial charge is 0.478 e. The normalized spacial score (nSPS) is 11.2. The first-order chi connectivity index (χ1) is 10.5. The number of hydrogen-bond acceptors (Lipinski definition) is 1. The molecule has 2 nitrogen and oxygen atoms in total. The summed E-state index contributed by atoms with van der Waals surface area (Å²) in [6, 6.07) is 4.17. The van der Waals surface area contributed by atoms with E-state index in [0.717, 1.165) is 27.0 Å². The van der Waals surface area contributed by atoms with Gasteiger partial charge in [0.25, 0.3) is 0 Å². The molecular weight excluding hydrogens is 408 g/mol. The van der Waals surface area contributed by atoms with E-state index < -0.39 is 5.97 Å². The SMILES string of the molecule is CCCCCCCCCc1cc(Br)c(C=CC(=O)O)c(Br)c1. The van der Waals surface area contributed by atoms with E-state index in [1.807, 2.05) is 0 Å². The first-order valence-electron chi connectivity index (χ1n) is 7.93. The number of halogens is 2. The molecule has 1 aromatic rings. The molecule has 0 aromatic heterocycles. The number of carboxylic acid groups (broad SMARTS) is 1. The highest BCUT2D eigenvalue weighted by molar-refractivity contribution is 9.11. The van der Waals surface area contributed by atoms with Gasteiger partial charge in [-0.15, -0.1) is 0 Å². The van der Waals surface area contributed by atoms with Gasteiger partial charge < -0.3 is 5.11 Å². The van der Waals surface area contributed by atoms with Gasteiger partial charge in [0.05, 0.1) is 0 Å². The molecule has 122 valence electrons. The van der Waals surface area contributed by atoms with E-state index in [1.165, 1.54) is 50.5 Å². The minimum atomic E-state index is -0.939. The van der Waals surface area contributed by atoms with Gasteiger partial charge in [0.1, 0.15) is 0 Å². The fourth-order valence-corrected chi connectivity index (χ4v) is 3.93. The monoisotopic (exact) mass is 430 g/mol. The summed E-state index contributed by atoms with van der Waals surface area (Å²) in [6.07, 6.45) is 13.0. The highest BCUT2D eigenvalue weighted by Crippen LogP contribution is 2.29. The first kappa shape index (κ1) is 19.4. The van der Waals surface area contributed by atoms with Crippen molar-refractivity contribution in [3.63, 3.8) is 0 Å². The lowest BCUT2D eigenvalue weighted by Crippen LogP contribution is -1.91. The molecule has 0 aliphatic heterocycles. The second kappa shape index (κ2) is 11.0. The molecule has 0 saturated carbocycles. The summed E-state index contributed by atoms with van der Waals surface area (Å²) < 4.78 is 1.86. The molecule has 0 unspecified atom stereocenters. The molecule has 0 heterocycles. The number of carboxylic acids is 1. The Balaban J connectivity index is 2.47. The zero-order chi connectivity index (χ0) is 16.4. The van der Waals surface area contributed by atoms with Crippen LogP contribution in [0.1, 0.15) is 63.0 Å². The number of carbonyl (C=O) groups is 1. The minimum Gasteiger partial charge on any atom is -0.478 e. The van der Waals surface area contributed by atoms with Gasteiger partial charge in [-0.3, -0.25) is 0 Å². The molecule has 0 aliphatic rings. The van der Waals surface area contributed by atoms with Gasteiger partial charge in [-0.2, -0.15) is 0 Å². The van der Waals surface area contributed by atoms with Crippen LogP contribution in [0.2, 0.25) is 0 Å². The molecule has 1 N–H and O–H groups in total. The molecule has 0 bridgehead atoms. The van der Waals surface area contributed by atoms with Crippen molar-refractivity contribution in [2.45, 2.75) is 58.3 Å². The lowest BCUT2D eigenvalue weighted by molar-refractivity contribution is -0.131. The van der Waals surface area contributed by atoms with Crippen LogP contribution in [0.3, 0.4) is 0 Å². The predicted molar refractivity (Wildman–Crippen MR) is 100 cm³/mol. The Morgan fingerprint density at radius 1 is 1.05 bits per heavy atom. The zero-order valence-corrected chi connectivity index (χ0v) is 16.2. The molecular formula is C18H24Br2O2. The van der Waals surface area contributed by atoms with Crippen LogP contribution in [0.25, 0.3) is 6.08 Å². The molecule has 4 heteroatoms. The van der Waals surface area contributed by atoms with Gasteiger partial charge in [-0.05, 0) is 36.6 Å². The maximum atomic E-state index is 10.6. The minimum absolute atomic E-state index is 0.866. The lowest BCUT2D eigenvalue weighted by Gasteiger charge is -2.08. The van der Waals surface area contributed by atoms with Gasteiger partial charge in [-0.25, -0.2) is 4.79 Å². The summed E-state index contributed by atoms with van der Waals surface area (Å²) in [5.41, 5.74) is 2.14. The van der Waals surface area contributed by atoms with Crippen LogP contribution in [0.5, 0.6) is 0 Å². The standard InChI is InChI=1S/C18H24Br2O2/c1-2-3-4-5-6-7-8-9-14-12-16(19)15(17(20)13-14)10-11-18(21)22/h10-13H,2-9H2,1H3,(H,21,22). The predicted octanol–water partition coefficient (Wildman–Crippen LogP) is 6.60. The van der Waals surface area contributed by atoms with E-state index in [9.17, 15) is 4.79 Å². The van der Waals surface area contributed by atoms with Crippen molar-refractivity contribution in [1.82, 2.24) is 0 Å². The van der Waals surface area contributed by atoms with Crippen molar-refractivity contribution < 1.29 is 9.90 Å². The molecule has 0 spiro atoms. The molecule has 0 radical (unpaired) electrons. The van der Waals surface area contributed by atoms with Crippen LogP contribution < -0.4 is 0 Å². The Labute approximate surface area is 150 Å². The average Bonchev–Trinajstić information content (AvgIpc) is 2.45. The highest BCUT2D eigenvalue weighted by atomic mass is 79.9. The van der Waals surface area contributed by atoms with E-state index in [4.69, 9.17) is 5.11 Å². The molecule has 0 atom stereocenters. The van der Waals surface area contributed by atoms with Gasteiger partial charge in [0, 0.05) is 20.6 Å². The summed E-state index contributed by atoms with van der Waals surface area (Å²) in [6.45, 7) is 2.24. The van der Waals surface area contributed by atoms with E-state index in [2.05, 4.69) is 50.9 Å². The third-order valence-electron chi connectivity index (χ3n) is 3.60. The fourth-order valence-electron chi connectivity index (χ4n) is 2.38. The Bertz CT molecular complexity index is 487. The number of aliphatic carboxylic acids is 1. The third kappa shape index (κ3) is 7.59. The molecule has 22 heavy (non-hydrogen) atoms. The molecule has 1 aromatic carbocycles. The van der Waals surface area contributed by atoms with Crippen molar-refractivity contribution in [2.24, 2.45) is 0 Å². The summed E-state index contributed by atoms with van der Waals surface area (Å²) in [5.74, 6) is -0.939. The van der Waals surface area contributed by atoms with Gasteiger partial charge in [0.15, 0.2) is 0 Å². The van der Waals surface area contributed by atoms with Crippen LogP contribution in [-0.4, -0.2) is 11.1 Å². The fraction of sp³-hybridized carbons (Fsp3) is 0.500. The van der Waals surface area contributed by atoms with Crippen LogP contribution in [-0.2, 0) is 11.2 Å². The Hall–Kier alpha value is -0.610. The van der Waals surface area contributed by atoms with Gasteiger partial charge >= 0.3 is 5.97 Å². The van der Waals surface area contributed by atoms with Gasteiger partial charge in [-0.1, -0.05) is 77.3 Å². The molecule has 0 amide bonds. The number of rotatable bonds is 10. The second-order valence-corrected chi connectivity index (χ2v) is 7.22. The Kier molecular flexibility index (Phi) is 9.73. The molecule has 0 aliphatic carbocycles. The van der Waals surface area contributed by atoms with Gasteiger partial charge in [0.2, 0.25) is 0 Å². The first-order valence-corrected chi connectivity index (χ1v) is 9.52. The van der Waals surface area contributed by atoms with Crippen LogP contribution in [0.4, 0.5) is 0 Å². The lowest BCUT2D eigenvalue weighted by atomic mass is 10.0. The Morgan fingerprint density at radius 2 is 1.59 bits per heavy atom. The third-order valence-corrected chi connectivity index (χ3v) is 4.91. The quantitative estimate of drug-likeness (QED) is 0.334. The molecule has 1 rings (SSSR count). The van der Waals surface area contributed by atoms with E-state index in [-0.39, 0.29) is 0 Å². The van der Waals surface area contributed by atoms with Crippen LogP contribution in [0.15, 0.2) is 27.2 Å². The van der Waals surface area contributed by atoms with Crippen molar-refractivity contribution in [2.75, 3.05) is 0 Å². The maximum Gasteiger partial charge on any atom is 0.328 e. The van der Waals surface area contributed by atoms with Crippen molar-refractivity contribution >= 4 is 43.9 Å².